The summed E-state index contributed by atoms with van der Waals surface area (Å²) in [5.41, 5.74) is -1.01. The van der Waals surface area contributed by atoms with Gasteiger partial charge in [0.25, 0.3) is 0 Å². The van der Waals surface area contributed by atoms with Gasteiger partial charge in [-0.2, -0.15) is 0 Å². The maximum Gasteiger partial charge on any atom is 0.408 e. The minimum atomic E-state index is -0.510. The largest absolute Gasteiger partial charge is 0.444 e. The fraction of sp³-hybridized carbons (Fsp3) is 0.905. The number of nitrogens with one attached hydrogen (secondary N) is 3. The number of rotatable bonds is 7. The van der Waals surface area contributed by atoms with Gasteiger partial charge in [0.2, 0.25) is 0 Å². The molecule has 28 heavy (non-hydrogen) atoms. The van der Waals surface area contributed by atoms with Gasteiger partial charge in [-0.15, -0.1) is 0 Å². The molecule has 1 rings (SSSR count). The molecule has 0 bridgehead atoms. The van der Waals surface area contributed by atoms with E-state index in [-0.39, 0.29) is 0 Å². The number of alkyl carbamates (subject to hydrolysis) is 1. The summed E-state index contributed by atoms with van der Waals surface area (Å²) in [6.45, 7) is 20.6. The summed E-state index contributed by atoms with van der Waals surface area (Å²) in [4.78, 5) is 19.3. The van der Waals surface area contributed by atoms with Crippen molar-refractivity contribution >= 4 is 12.1 Å². The summed E-state index contributed by atoms with van der Waals surface area (Å²) in [7, 11) is 0. The lowest BCUT2D eigenvalue weighted by Crippen LogP contribution is -2.49. The summed E-state index contributed by atoms with van der Waals surface area (Å²) >= 11 is 0. The zero-order valence-corrected chi connectivity index (χ0v) is 19.3. The van der Waals surface area contributed by atoms with Crippen LogP contribution in [0.2, 0.25) is 0 Å². The predicted octanol–water partition coefficient (Wildman–Crippen LogP) is 2.97. The van der Waals surface area contributed by atoms with Crippen LogP contribution in [0.15, 0.2) is 4.99 Å². The third kappa shape index (κ3) is 10.2. The lowest BCUT2D eigenvalue weighted by molar-refractivity contribution is 0.0476. The first-order chi connectivity index (χ1) is 12.9. The van der Waals surface area contributed by atoms with Gasteiger partial charge in [-0.25, -0.2) is 4.79 Å². The summed E-state index contributed by atoms with van der Waals surface area (Å²) in [6, 6.07) is 0.601. The van der Waals surface area contributed by atoms with Crippen molar-refractivity contribution in [3.63, 3.8) is 0 Å². The molecule has 1 fully saturated rings. The van der Waals surface area contributed by atoms with Crippen molar-refractivity contribution in [1.82, 2.24) is 20.9 Å². The van der Waals surface area contributed by atoms with Crippen LogP contribution in [-0.2, 0) is 4.74 Å². The standard InChI is InChI=1S/C21H43N5O2/c1-9-22-18(23-13-17-11-10-12-26(14-17)16(2)3)24-15-21(7,8)25-19(27)28-20(4,5)6/h16-17H,9-15H2,1-8H3,(H,25,27)(H2,22,23,24). The van der Waals surface area contributed by atoms with E-state index in [1.54, 1.807) is 0 Å². The summed E-state index contributed by atoms with van der Waals surface area (Å²) in [6.07, 6.45) is 2.09. The molecule has 1 heterocycles. The van der Waals surface area contributed by atoms with Crippen LogP contribution in [0, 0.1) is 5.92 Å². The maximum absolute atomic E-state index is 12.0. The number of guanidine groups is 1. The van der Waals surface area contributed by atoms with Crippen LogP contribution in [0.4, 0.5) is 4.79 Å². The third-order valence-corrected chi connectivity index (χ3v) is 4.65. The van der Waals surface area contributed by atoms with Crippen LogP contribution in [-0.4, -0.2) is 66.9 Å². The summed E-state index contributed by atoms with van der Waals surface area (Å²) in [5, 5.41) is 9.69. The molecule has 7 heteroatoms. The van der Waals surface area contributed by atoms with Crippen molar-refractivity contribution in [2.24, 2.45) is 10.9 Å². The van der Waals surface area contributed by atoms with Gasteiger partial charge in [-0.05, 0) is 80.7 Å². The van der Waals surface area contributed by atoms with Crippen LogP contribution >= 0.6 is 0 Å². The van der Waals surface area contributed by atoms with E-state index >= 15 is 0 Å². The number of amides is 1. The quantitative estimate of drug-likeness (QED) is 0.455. The summed E-state index contributed by atoms with van der Waals surface area (Å²) in [5.74, 6) is 1.43. The second kappa shape index (κ2) is 10.9. The van der Waals surface area contributed by atoms with Crippen LogP contribution in [0.25, 0.3) is 0 Å². The highest BCUT2D eigenvalue weighted by Gasteiger charge is 2.25. The van der Waals surface area contributed by atoms with Gasteiger partial charge in [0.1, 0.15) is 5.60 Å². The monoisotopic (exact) mass is 397 g/mol. The normalized spacial score (nSPS) is 19.5. The molecule has 0 aliphatic carbocycles. The maximum atomic E-state index is 12.0. The number of carbonyl (C=O) groups is 1. The highest BCUT2D eigenvalue weighted by molar-refractivity contribution is 5.79. The Morgan fingerprint density at radius 2 is 1.89 bits per heavy atom. The zero-order valence-electron chi connectivity index (χ0n) is 19.3. The van der Waals surface area contributed by atoms with Crippen molar-refractivity contribution in [1.29, 1.82) is 0 Å². The zero-order chi connectivity index (χ0) is 21.4. The third-order valence-electron chi connectivity index (χ3n) is 4.65. The van der Waals surface area contributed by atoms with Crippen molar-refractivity contribution in [3.05, 3.63) is 0 Å². The van der Waals surface area contributed by atoms with Gasteiger partial charge in [0, 0.05) is 25.7 Å². The van der Waals surface area contributed by atoms with Gasteiger partial charge >= 0.3 is 6.09 Å². The Morgan fingerprint density at radius 3 is 2.46 bits per heavy atom. The number of piperidine rings is 1. The van der Waals surface area contributed by atoms with Gasteiger partial charge < -0.3 is 25.6 Å². The molecular weight excluding hydrogens is 354 g/mol. The lowest BCUT2D eigenvalue weighted by atomic mass is 9.97. The Kier molecular flexibility index (Phi) is 9.54. The Labute approximate surface area is 172 Å². The molecular formula is C21H43N5O2. The molecule has 0 aromatic heterocycles. The number of hydrogen-bond acceptors (Lipinski definition) is 4. The smallest absolute Gasteiger partial charge is 0.408 e. The van der Waals surface area contributed by atoms with Crippen molar-refractivity contribution < 1.29 is 9.53 Å². The number of aliphatic imine (C=N–C) groups is 1. The van der Waals surface area contributed by atoms with Crippen molar-refractivity contribution in [2.45, 2.75) is 85.4 Å². The average Bonchev–Trinajstić information content (AvgIpc) is 2.55. The first-order valence-corrected chi connectivity index (χ1v) is 10.7. The van der Waals surface area contributed by atoms with Crippen molar-refractivity contribution in [3.8, 4) is 0 Å². The first kappa shape index (κ1) is 24.5. The minimum absolute atomic E-state index is 0.415. The predicted molar refractivity (Wildman–Crippen MR) is 117 cm³/mol. The van der Waals surface area contributed by atoms with E-state index in [9.17, 15) is 4.79 Å². The lowest BCUT2D eigenvalue weighted by Gasteiger charge is -2.35. The molecule has 164 valence electrons. The van der Waals surface area contributed by atoms with E-state index in [1.807, 2.05) is 34.6 Å². The minimum Gasteiger partial charge on any atom is -0.444 e. The number of carbonyl (C=O) groups excluding carboxylic acids is 1. The average molecular weight is 398 g/mol. The van der Waals surface area contributed by atoms with Gasteiger partial charge in [0.05, 0.1) is 12.1 Å². The molecule has 0 aromatic rings. The second-order valence-electron chi connectivity index (χ2n) is 9.68. The van der Waals surface area contributed by atoms with Crippen molar-refractivity contribution in [2.75, 3.05) is 32.7 Å². The molecule has 0 spiro atoms. The van der Waals surface area contributed by atoms with Crippen LogP contribution in [0.1, 0.15) is 68.2 Å². The van der Waals surface area contributed by atoms with Crippen LogP contribution in [0.5, 0.6) is 0 Å². The molecule has 1 unspecified atom stereocenters. The number of ether oxygens (including phenoxy) is 1. The number of nitrogens with zero attached hydrogens (tertiary/aromatic N) is 2. The van der Waals surface area contributed by atoms with E-state index in [0.717, 1.165) is 25.6 Å². The fourth-order valence-corrected chi connectivity index (χ4v) is 3.21. The van der Waals surface area contributed by atoms with Crippen LogP contribution < -0.4 is 16.0 Å². The SMILES string of the molecule is CCNC(=NCC(C)(C)NC(=O)OC(C)(C)C)NCC1CCCN(C(C)C)C1. The molecule has 1 saturated heterocycles. The molecule has 3 N–H and O–H groups in total. The van der Waals surface area contributed by atoms with E-state index in [1.165, 1.54) is 19.4 Å². The highest BCUT2D eigenvalue weighted by Crippen LogP contribution is 2.17. The molecule has 0 saturated carbocycles. The van der Waals surface area contributed by atoms with E-state index < -0.39 is 17.2 Å². The van der Waals surface area contributed by atoms with E-state index in [4.69, 9.17) is 4.74 Å². The molecule has 0 aromatic carbocycles. The Balaban J connectivity index is 2.57. The van der Waals surface area contributed by atoms with Gasteiger partial charge in [-0.1, -0.05) is 0 Å². The van der Waals surface area contributed by atoms with Gasteiger partial charge in [0.15, 0.2) is 5.96 Å². The van der Waals surface area contributed by atoms with Crippen LogP contribution in [0.3, 0.4) is 0 Å². The molecule has 1 amide bonds. The topological polar surface area (TPSA) is 78.0 Å². The Morgan fingerprint density at radius 1 is 1.21 bits per heavy atom. The number of likely N-dealkylation sites (tertiary alicyclic amines) is 1. The fourth-order valence-electron chi connectivity index (χ4n) is 3.21. The second-order valence-corrected chi connectivity index (χ2v) is 9.68. The molecule has 1 atom stereocenters. The first-order valence-electron chi connectivity index (χ1n) is 10.7. The Bertz CT molecular complexity index is 511. The molecule has 1 aliphatic heterocycles. The molecule has 1 aliphatic rings. The molecule has 7 nitrogen and oxygen atoms in total. The highest BCUT2D eigenvalue weighted by atomic mass is 16.6. The summed E-state index contributed by atoms with van der Waals surface area (Å²) < 4.78 is 5.35. The Hall–Kier alpha value is -1.50. The molecule has 0 radical (unpaired) electrons. The van der Waals surface area contributed by atoms with E-state index in [0.29, 0.717) is 18.5 Å². The van der Waals surface area contributed by atoms with E-state index in [2.05, 4.69) is 46.6 Å². The number of hydrogen-bond donors (Lipinski definition) is 3. The van der Waals surface area contributed by atoms with Gasteiger partial charge in [-0.3, -0.25) is 4.99 Å².